The van der Waals surface area contributed by atoms with Crippen LogP contribution in [0.1, 0.15) is 23.6 Å². The van der Waals surface area contributed by atoms with Gasteiger partial charge in [0.25, 0.3) is 0 Å². The van der Waals surface area contributed by atoms with E-state index in [1.807, 2.05) is 35.4 Å². The lowest BCUT2D eigenvalue weighted by Crippen LogP contribution is -2.34. The molecule has 0 saturated carbocycles. The fraction of sp³-hybridized carbons (Fsp3) is 0.241. The van der Waals surface area contributed by atoms with Crippen LogP contribution in [0.15, 0.2) is 102 Å². The Morgan fingerprint density at radius 2 is 1.54 bits per heavy atom. The quantitative estimate of drug-likeness (QED) is 0.127. The van der Waals surface area contributed by atoms with Crippen molar-refractivity contribution in [3.8, 4) is 5.88 Å². The zero-order valence-corrected chi connectivity index (χ0v) is 28.2. The second-order valence-electron chi connectivity index (χ2n) is 10.8. The fourth-order valence-electron chi connectivity index (χ4n) is 5.08. The molecular formula is C29H29FN3O14P3. The van der Waals surface area contributed by atoms with Crippen molar-refractivity contribution >= 4 is 29.1 Å². The first-order valence-electron chi connectivity index (χ1n) is 14.6. The van der Waals surface area contributed by atoms with Crippen LogP contribution in [0.25, 0.3) is 0 Å². The molecule has 6 rings (SSSR count). The first-order chi connectivity index (χ1) is 23.8. The van der Waals surface area contributed by atoms with Gasteiger partial charge in [0.15, 0.2) is 12.5 Å². The first-order valence-corrected chi connectivity index (χ1v) is 19.2. The Morgan fingerprint density at radius 3 is 2.24 bits per heavy atom. The van der Waals surface area contributed by atoms with Crippen molar-refractivity contribution in [3.63, 3.8) is 0 Å². The summed E-state index contributed by atoms with van der Waals surface area (Å²) in [4.78, 5) is 47.3. The van der Waals surface area contributed by atoms with E-state index in [9.17, 15) is 37.6 Å². The molecule has 8 atom stereocenters. The zero-order valence-electron chi connectivity index (χ0n) is 25.5. The van der Waals surface area contributed by atoms with Crippen molar-refractivity contribution in [2.24, 2.45) is 0 Å². The summed E-state index contributed by atoms with van der Waals surface area (Å²) in [7, 11) is -16.3. The summed E-state index contributed by atoms with van der Waals surface area (Å²) in [5, 5.41) is 1.98. The number of para-hydroxylation sites is 1. The highest BCUT2D eigenvalue weighted by atomic mass is 31.3. The number of hydrogen-bond acceptors (Lipinski definition) is 12. The maximum Gasteiger partial charge on any atom is 0.489 e. The van der Waals surface area contributed by atoms with Gasteiger partial charge in [-0.1, -0.05) is 60.7 Å². The van der Waals surface area contributed by atoms with Crippen LogP contribution in [0.4, 0.5) is 10.1 Å². The van der Waals surface area contributed by atoms with Gasteiger partial charge in [-0.3, -0.25) is 14.2 Å². The summed E-state index contributed by atoms with van der Waals surface area (Å²) in [6.45, 7) is -0.716. The molecule has 2 fully saturated rings. The third-order valence-electron chi connectivity index (χ3n) is 7.14. The summed E-state index contributed by atoms with van der Waals surface area (Å²) >= 11 is 0. The number of hydrogen-bond donors (Lipinski definition) is 4. The molecule has 2 saturated heterocycles. The molecule has 0 radical (unpaired) electrons. The Kier molecular flexibility index (Phi) is 10.8. The van der Waals surface area contributed by atoms with Crippen molar-refractivity contribution in [1.82, 2.24) is 9.55 Å². The third-order valence-corrected chi connectivity index (χ3v) is 11.5. The molecule has 5 unspecified atom stereocenters. The van der Waals surface area contributed by atoms with E-state index in [2.05, 4.69) is 13.6 Å². The van der Waals surface area contributed by atoms with Crippen molar-refractivity contribution in [1.29, 1.82) is 0 Å². The van der Waals surface area contributed by atoms with Gasteiger partial charge in [0, 0.05) is 23.5 Å². The molecule has 21 heteroatoms. The Bertz CT molecular complexity index is 2010. The topological polar surface area (TPSA) is 223 Å². The maximum atomic E-state index is 14.0. The lowest BCUT2D eigenvalue weighted by atomic mass is 10.1. The fourth-order valence-corrected chi connectivity index (χ4v) is 8.79. The molecule has 1 aromatic heterocycles. The normalized spacial score (nSPS) is 25.2. The van der Waals surface area contributed by atoms with Crippen LogP contribution < -0.4 is 15.5 Å². The summed E-state index contributed by atoms with van der Waals surface area (Å²) in [5.41, 5.74) is 0.334. The molecule has 17 nitrogen and oxygen atoms in total. The van der Waals surface area contributed by atoms with Crippen LogP contribution in [-0.4, -0.2) is 49.2 Å². The second kappa shape index (κ2) is 14.9. The molecule has 0 aliphatic carbocycles. The minimum atomic E-state index is -5.72. The summed E-state index contributed by atoms with van der Waals surface area (Å²) < 4.78 is 89.4. The van der Waals surface area contributed by atoms with E-state index in [1.165, 1.54) is 60.8 Å². The van der Waals surface area contributed by atoms with E-state index in [-0.39, 0.29) is 23.7 Å². The third kappa shape index (κ3) is 9.19. The maximum absolute atomic E-state index is 14.0. The van der Waals surface area contributed by atoms with Gasteiger partial charge in [-0.05, 0) is 29.8 Å². The first kappa shape index (κ1) is 36.2. The van der Waals surface area contributed by atoms with E-state index < -0.39 is 72.3 Å². The summed E-state index contributed by atoms with van der Waals surface area (Å²) in [6, 6.07) is 23.2. The number of nitrogens with zero attached hydrogens (tertiary/aromatic N) is 2. The van der Waals surface area contributed by atoms with Gasteiger partial charge >= 0.3 is 29.1 Å². The molecule has 0 spiro atoms. The lowest BCUT2D eigenvalue weighted by molar-refractivity contribution is -0.154. The summed E-state index contributed by atoms with van der Waals surface area (Å²) in [6.07, 6.45) is -4.58. The van der Waals surface area contributed by atoms with Crippen molar-refractivity contribution in [2.75, 3.05) is 11.7 Å². The number of aromatic nitrogens is 2. The van der Waals surface area contributed by atoms with Crippen molar-refractivity contribution in [2.45, 2.75) is 37.4 Å². The van der Waals surface area contributed by atoms with E-state index in [1.54, 1.807) is 6.07 Å². The number of rotatable bonds is 14. The zero-order chi connectivity index (χ0) is 35.5. The predicted octanol–water partition coefficient (Wildman–Crippen LogP) is 4.80. The highest BCUT2D eigenvalue weighted by Gasteiger charge is 2.55. The van der Waals surface area contributed by atoms with Crippen LogP contribution in [0.3, 0.4) is 0 Å². The average molecular weight is 755 g/mol. The molecule has 2 aliphatic rings. The van der Waals surface area contributed by atoms with Crippen molar-refractivity contribution < 1.29 is 64.9 Å². The van der Waals surface area contributed by atoms with Gasteiger partial charge in [-0.25, -0.2) is 22.9 Å². The molecule has 2 aliphatic heterocycles. The largest absolute Gasteiger partial charge is 0.489 e. The van der Waals surface area contributed by atoms with Gasteiger partial charge in [0.2, 0.25) is 5.88 Å². The number of fused-ring (bicyclic) bond motifs is 1. The monoisotopic (exact) mass is 755 g/mol. The van der Waals surface area contributed by atoms with Gasteiger partial charge in [-0.2, -0.15) is 13.6 Å². The predicted molar refractivity (Wildman–Crippen MR) is 170 cm³/mol. The highest BCUT2D eigenvalue weighted by Crippen LogP contribution is 2.67. The van der Waals surface area contributed by atoms with Gasteiger partial charge in [0.05, 0.1) is 6.61 Å². The molecular weight excluding hydrogens is 726 g/mol. The molecule has 50 heavy (non-hydrogen) atoms. The van der Waals surface area contributed by atoms with E-state index in [0.717, 1.165) is 10.1 Å². The molecule has 266 valence electrons. The van der Waals surface area contributed by atoms with Gasteiger partial charge in [0.1, 0.15) is 30.7 Å². The van der Waals surface area contributed by atoms with E-state index in [4.69, 9.17) is 23.5 Å². The van der Waals surface area contributed by atoms with Crippen LogP contribution >= 0.6 is 23.4 Å². The number of benzene rings is 3. The highest BCUT2D eigenvalue weighted by molar-refractivity contribution is 7.68. The smallest absolute Gasteiger partial charge is 0.473 e. The lowest BCUT2D eigenvalue weighted by Gasteiger charge is -2.23. The van der Waals surface area contributed by atoms with Crippen LogP contribution in [-0.2, 0) is 47.7 Å². The Labute approximate surface area is 282 Å². The van der Waals surface area contributed by atoms with Gasteiger partial charge < -0.3 is 33.6 Å². The number of phosphoric acid groups is 2. The molecule has 3 heterocycles. The second-order valence-corrected chi connectivity index (χ2v) is 15.5. The van der Waals surface area contributed by atoms with Crippen molar-refractivity contribution in [3.05, 3.63) is 125 Å². The number of phosphoric ester groups is 1. The Balaban J connectivity index is 1.15. The SMILES string of the molecule is O=c1nc(OCc2ccccc2)ccn1[C@@H]1O[C@H](COP(=O)(O)OP(=O)(O)OP(=O)(O)Nc2ccccc2)C2OC(c3cccc(F)c3)O[C@@H]21. The van der Waals surface area contributed by atoms with Crippen LogP contribution in [0.2, 0.25) is 0 Å². The molecule has 4 N–H and O–H groups in total. The van der Waals surface area contributed by atoms with E-state index >= 15 is 0 Å². The number of anilines is 1. The van der Waals surface area contributed by atoms with E-state index in [0.29, 0.717) is 0 Å². The molecule has 3 aromatic carbocycles. The average Bonchev–Trinajstić information content (AvgIpc) is 3.63. The van der Waals surface area contributed by atoms with Crippen LogP contribution in [0, 0.1) is 5.82 Å². The standard InChI is InChI=1S/C29H29FN3O14P3/c30-21-11-7-10-20(16-21)28-44-25-23(18-42-49(37,38)47-50(39,40)46-48(35,36)32-22-12-5-2-6-13-22)43-27(26(25)45-28)33-15-14-24(31-29(33)34)41-17-19-8-3-1-4-9-19/h1-16,23,25-28H,17-18H2,(H,37,38)(H,39,40)(H2,32,35,36)/t23-,25?,26+,27-,28?/m1/s1. The number of ether oxygens (including phenoxy) is 4. The molecule has 4 aromatic rings. The van der Waals surface area contributed by atoms with Crippen LogP contribution in [0.5, 0.6) is 5.88 Å². The Hall–Kier alpha value is -3.60. The minimum Gasteiger partial charge on any atom is -0.473 e. The Morgan fingerprint density at radius 1 is 0.840 bits per heavy atom. The molecule has 0 amide bonds. The number of nitrogens with one attached hydrogen (secondary N) is 1. The number of halogens is 1. The molecule has 0 bridgehead atoms. The van der Waals surface area contributed by atoms with Gasteiger partial charge in [-0.15, -0.1) is 0 Å². The summed E-state index contributed by atoms with van der Waals surface area (Å²) in [5.74, 6) is -0.558. The minimum absolute atomic E-state index is 0.0196.